The topological polar surface area (TPSA) is 196 Å². The number of hydrogen-bond donors (Lipinski definition) is 4. The number of nitrogens with zero attached hydrogens (tertiary/aromatic N) is 5. The summed E-state index contributed by atoms with van der Waals surface area (Å²) in [5, 5.41) is 5.46. The quantitative estimate of drug-likeness (QED) is 0.104. The van der Waals surface area contributed by atoms with Crippen LogP contribution in [-0.4, -0.2) is 99.9 Å². The highest BCUT2D eigenvalue weighted by molar-refractivity contribution is 5.87. The van der Waals surface area contributed by atoms with E-state index in [0.29, 0.717) is 24.6 Å². The van der Waals surface area contributed by atoms with Crippen LogP contribution < -0.4 is 25.0 Å². The number of anilines is 1. The highest BCUT2D eigenvalue weighted by Gasteiger charge is 2.41. The summed E-state index contributed by atoms with van der Waals surface area (Å²) in [4.78, 5) is 75.3. The second-order valence-corrected chi connectivity index (χ2v) is 17.9. The SMILES string of the molecule is COC(=O)N[C@H](C(=O)N1CCC[C@H]1c1nc2ccc(C3CC[C@H](c4ccc5nc([C@@H]6CCCN6C(=O)[C@@H](NC(=O)OC)C(C)C)[nH]c5c4)N3c3ccc4c(c3)OCO4)cc2[nH]1)C(C)C. The summed E-state index contributed by atoms with van der Waals surface area (Å²) in [5.74, 6) is 2.32. The van der Waals surface area contributed by atoms with Crippen molar-refractivity contribution in [1.29, 1.82) is 0 Å². The van der Waals surface area contributed by atoms with E-state index in [1.54, 1.807) is 0 Å². The van der Waals surface area contributed by atoms with E-state index in [4.69, 9.17) is 28.9 Å². The van der Waals surface area contributed by atoms with Crippen LogP contribution in [0.3, 0.4) is 0 Å². The molecule has 1 unspecified atom stereocenters. The number of hydrogen-bond acceptors (Lipinski definition) is 11. The number of fused-ring (bicyclic) bond motifs is 3. The lowest BCUT2D eigenvalue weighted by Crippen LogP contribution is -2.51. The van der Waals surface area contributed by atoms with E-state index in [-0.39, 0.29) is 54.6 Å². The zero-order valence-corrected chi connectivity index (χ0v) is 37.2. The number of carbonyl (C=O) groups is 4. The molecule has 17 heteroatoms. The zero-order chi connectivity index (χ0) is 44.8. The number of methoxy groups -OCH3 is 2. The summed E-state index contributed by atoms with van der Waals surface area (Å²) >= 11 is 0. The average Bonchev–Trinajstić information content (AvgIpc) is 4.15. The number of aromatic amines is 2. The van der Waals surface area contributed by atoms with Gasteiger partial charge in [0.15, 0.2) is 11.5 Å². The van der Waals surface area contributed by atoms with Gasteiger partial charge in [-0.15, -0.1) is 0 Å². The Morgan fingerprint density at radius 3 is 1.59 bits per heavy atom. The number of rotatable bonds is 11. The molecule has 3 aromatic carbocycles. The van der Waals surface area contributed by atoms with Crippen molar-refractivity contribution < 1.29 is 38.1 Å². The van der Waals surface area contributed by atoms with Gasteiger partial charge in [0.25, 0.3) is 0 Å². The highest BCUT2D eigenvalue weighted by Crippen LogP contribution is 2.50. The first kappa shape index (κ1) is 42.8. The lowest BCUT2D eigenvalue weighted by Gasteiger charge is -2.33. The van der Waals surface area contributed by atoms with Gasteiger partial charge in [-0.3, -0.25) is 9.59 Å². The van der Waals surface area contributed by atoms with Gasteiger partial charge in [-0.05, 0) is 97.9 Å². The van der Waals surface area contributed by atoms with Gasteiger partial charge in [0.2, 0.25) is 18.6 Å². The standard InChI is InChI=1S/C47H57N9O8/c1-25(2)40(52-46(59)61-5)44(57)54-19-7-9-36(54)42-48-30-14-11-27(21-32(30)50-42)34-16-17-35(56(34)29-13-18-38-39(23-29)64-24-63-38)28-12-15-31-33(22-28)51-43(49-31)37-10-8-20-55(37)45(58)41(26(3)4)53-47(60)62-6/h11-15,18,21-23,25-26,34-37,40-41H,7-10,16-17,19-20,24H2,1-6H3,(H,48,50)(H,49,51)(H,52,59)(H,53,60)/t34-,35?,36+,37+,40+,41+/m1/s1. The number of carbonyl (C=O) groups excluding carboxylic acids is 4. The minimum absolute atomic E-state index is 0.000797. The summed E-state index contributed by atoms with van der Waals surface area (Å²) in [6, 6.07) is 17.0. The monoisotopic (exact) mass is 875 g/mol. The molecule has 9 rings (SSSR count). The van der Waals surface area contributed by atoms with Gasteiger partial charge in [0.1, 0.15) is 23.7 Å². The molecule has 6 atom stereocenters. The number of amides is 4. The second kappa shape index (κ2) is 17.6. The fourth-order valence-electron chi connectivity index (χ4n) is 10.1. The molecular weight excluding hydrogens is 819 g/mol. The van der Waals surface area contributed by atoms with Crippen molar-refractivity contribution in [1.82, 2.24) is 40.4 Å². The van der Waals surface area contributed by atoms with E-state index in [1.165, 1.54) is 14.2 Å². The number of H-pyrrole nitrogens is 2. The minimum atomic E-state index is -0.716. The van der Waals surface area contributed by atoms with E-state index in [2.05, 4.69) is 74.0 Å². The van der Waals surface area contributed by atoms with Crippen LogP contribution in [0.25, 0.3) is 22.1 Å². The molecule has 4 aliphatic rings. The van der Waals surface area contributed by atoms with E-state index in [9.17, 15) is 19.2 Å². The molecule has 4 N–H and O–H groups in total. The lowest BCUT2D eigenvalue weighted by atomic mass is 10.0. The average molecular weight is 876 g/mol. The number of imidazole rings is 2. The molecule has 4 amide bonds. The van der Waals surface area contributed by atoms with Crippen molar-refractivity contribution in [2.75, 3.05) is 39.0 Å². The van der Waals surface area contributed by atoms with Crippen molar-refractivity contribution in [3.05, 3.63) is 77.4 Å². The fourth-order valence-corrected chi connectivity index (χ4v) is 10.1. The molecule has 2 aromatic heterocycles. The molecule has 4 aliphatic heterocycles. The fraction of sp³-hybridized carbons (Fsp3) is 0.489. The maximum Gasteiger partial charge on any atom is 0.407 e. The van der Waals surface area contributed by atoms with Crippen LogP contribution in [0.4, 0.5) is 15.3 Å². The molecule has 6 heterocycles. The van der Waals surface area contributed by atoms with Crippen molar-refractivity contribution >= 4 is 51.8 Å². The molecule has 0 saturated carbocycles. The normalized spacial score (nSPS) is 21.6. The van der Waals surface area contributed by atoms with Crippen LogP contribution in [0, 0.1) is 11.8 Å². The Bertz CT molecular complexity index is 2430. The third kappa shape index (κ3) is 8.00. The Kier molecular flexibility index (Phi) is 11.7. The summed E-state index contributed by atoms with van der Waals surface area (Å²) in [6.07, 6.45) is 3.67. The van der Waals surface area contributed by atoms with Crippen LogP contribution >= 0.6 is 0 Å². The summed E-state index contributed by atoms with van der Waals surface area (Å²) in [5.41, 5.74) is 6.67. The third-order valence-corrected chi connectivity index (χ3v) is 13.3. The lowest BCUT2D eigenvalue weighted by molar-refractivity contribution is -0.136. The molecule has 0 radical (unpaired) electrons. The van der Waals surface area contributed by atoms with Crippen molar-refractivity contribution in [2.45, 2.75) is 102 Å². The van der Waals surface area contributed by atoms with Crippen LogP contribution in [0.5, 0.6) is 11.5 Å². The number of aromatic nitrogens is 4. The zero-order valence-electron chi connectivity index (χ0n) is 37.2. The van der Waals surface area contributed by atoms with Crippen molar-refractivity contribution in [3.8, 4) is 11.5 Å². The summed E-state index contributed by atoms with van der Waals surface area (Å²) in [7, 11) is 2.59. The number of likely N-dealkylation sites (tertiary alicyclic amines) is 2. The maximum atomic E-state index is 13.9. The number of ether oxygens (including phenoxy) is 4. The van der Waals surface area contributed by atoms with Gasteiger partial charge >= 0.3 is 12.2 Å². The number of benzene rings is 3. The molecule has 0 aliphatic carbocycles. The van der Waals surface area contributed by atoms with E-state index < -0.39 is 24.3 Å². The van der Waals surface area contributed by atoms with Gasteiger partial charge in [-0.2, -0.15) is 0 Å². The first-order valence-corrected chi connectivity index (χ1v) is 22.4. The largest absolute Gasteiger partial charge is 0.454 e. The van der Waals surface area contributed by atoms with E-state index in [0.717, 1.165) is 89.1 Å². The van der Waals surface area contributed by atoms with E-state index >= 15 is 0 Å². The minimum Gasteiger partial charge on any atom is -0.454 e. The Balaban J connectivity index is 1.00. The molecule has 0 spiro atoms. The second-order valence-electron chi connectivity index (χ2n) is 17.9. The van der Waals surface area contributed by atoms with Crippen LogP contribution in [0.2, 0.25) is 0 Å². The Morgan fingerprint density at radius 2 is 1.12 bits per heavy atom. The van der Waals surface area contributed by atoms with Crippen LogP contribution in [-0.2, 0) is 19.1 Å². The van der Waals surface area contributed by atoms with Crippen molar-refractivity contribution in [2.24, 2.45) is 11.8 Å². The predicted molar refractivity (Wildman–Crippen MR) is 238 cm³/mol. The molecule has 64 heavy (non-hydrogen) atoms. The Morgan fingerprint density at radius 1 is 0.641 bits per heavy atom. The first-order valence-electron chi connectivity index (χ1n) is 22.4. The van der Waals surface area contributed by atoms with Gasteiger partial charge in [0, 0.05) is 24.8 Å². The van der Waals surface area contributed by atoms with Gasteiger partial charge in [-0.1, -0.05) is 39.8 Å². The molecule has 17 nitrogen and oxygen atoms in total. The van der Waals surface area contributed by atoms with Crippen LogP contribution in [0.1, 0.15) is 113 Å². The number of alkyl carbamates (subject to hydrolysis) is 2. The number of nitrogens with one attached hydrogen (secondary N) is 4. The van der Waals surface area contributed by atoms with Gasteiger partial charge in [0.05, 0.1) is 60.5 Å². The van der Waals surface area contributed by atoms with Crippen LogP contribution in [0.15, 0.2) is 54.6 Å². The Labute approximate surface area is 371 Å². The highest BCUT2D eigenvalue weighted by atomic mass is 16.7. The molecule has 3 fully saturated rings. The smallest absolute Gasteiger partial charge is 0.407 e. The summed E-state index contributed by atoms with van der Waals surface area (Å²) < 4.78 is 21.2. The first-order chi connectivity index (χ1) is 30.9. The van der Waals surface area contributed by atoms with E-state index in [1.807, 2.05) is 43.6 Å². The molecule has 5 aromatic rings. The third-order valence-electron chi connectivity index (χ3n) is 13.3. The molecule has 338 valence electrons. The van der Waals surface area contributed by atoms with Gasteiger partial charge in [-0.25, -0.2) is 19.6 Å². The summed E-state index contributed by atoms with van der Waals surface area (Å²) in [6.45, 7) is 8.96. The maximum absolute atomic E-state index is 13.9. The predicted octanol–water partition coefficient (Wildman–Crippen LogP) is 7.34. The molecule has 3 saturated heterocycles. The molecule has 0 bridgehead atoms. The van der Waals surface area contributed by atoms with Gasteiger partial charge < -0.3 is 54.2 Å². The Hall–Kier alpha value is -6.52. The molecular formula is C47H57N9O8. The van der Waals surface area contributed by atoms with Crippen molar-refractivity contribution in [3.63, 3.8) is 0 Å².